The first kappa shape index (κ1) is 12.9. The van der Waals surface area contributed by atoms with Crippen molar-refractivity contribution in [2.24, 2.45) is 5.92 Å². The van der Waals surface area contributed by atoms with Crippen LogP contribution in [0.5, 0.6) is 0 Å². The predicted octanol–water partition coefficient (Wildman–Crippen LogP) is 3.82. The van der Waals surface area contributed by atoms with Gasteiger partial charge in [0.05, 0.1) is 10.5 Å². The minimum absolute atomic E-state index is 0.789. The first-order chi connectivity index (χ1) is 9.34. The standard InChI is InChI=1S/C16H19ClN2/c17-15-11-19-16-6-2-1-5-14(16)13(15)8-7-12-4-3-9-18-10-12/h1-2,5-6,11-12,18H,3-4,7-10H2/t12-/m0/s1. The zero-order chi connectivity index (χ0) is 13.1. The fraction of sp³-hybridized carbons (Fsp3) is 0.438. The summed E-state index contributed by atoms with van der Waals surface area (Å²) in [5, 5.41) is 5.49. The molecule has 1 atom stereocenters. The van der Waals surface area contributed by atoms with Gasteiger partial charge in [0.1, 0.15) is 0 Å². The van der Waals surface area contributed by atoms with Gasteiger partial charge in [0.25, 0.3) is 0 Å². The first-order valence-corrected chi connectivity index (χ1v) is 7.45. The predicted molar refractivity (Wildman–Crippen MR) is 80.7 cm³/mol. The number of para-hydroxylation sites is 1. The maximum absolute atomic E-state index is 6.34. The zero-order valence-corrected chi connectivity index (χ0v) is 11.8. The van der Waals surface area contributed by atoms with E-state index in [0.717, 1.165) is 29.4 Å². The van der Waals surface area contributed by atoms with Crippen molar-refractivity contribution in [2.75, 3.05) is 13.1 Å². The van der Waals surface area contributed by atoms with Crippen LogP contribution in [0.1, 0.15) is 24.8 Å². The third-order valence-corrected chi connectivity index (χ3v) is 4.36. The Labute approximate surface area is 119 Å². The topological polar surface area (TPSA) is 24.9 Å². The summed E-state index contributed by atoms with van der Waals surface area (Å²) in [6.45, 7) is 2.33. The molecule has 0 aliphatic carbocycles. The first-order valence-electron chi connectivity index (χ1n) is 7.07. The van der Waals surface area contributed by atoms with Crippen LogP contribution in [-0.2, 0) is 6.42 Å². The van der Waals surface area contributed by atoms with Crippen molar-refractivity contribution >= 4 is 22.5 Å². The van der Waals surface area contributed by atoms with E-state index in [1.54, 1.807) is 6.20 Å². The second kappa shape index (κ2) is 5.89. The van der Waals surface area contributed by atoms with Crippen molar-refractivity contribution in [3.05, 3.63) is 41.0 Å². The molecule has 0 amide bonds. The van der Waals surface area contributed by atoms with Gasteiger partial charge in [-0.15, -0.1) is 0 Å². The van der Waals surface area contributed by atoms with Gasteiger partial charge in [-0.2, -0.15) is 0 Å². The SMILES string of the molecule is Clc1cnc2ccccc2c1CC[C@@H]1CCCNC1. The third kappa shape index (κ3) is 2.90. The van der Waals surface area contributed by atoms with Gasteiger partial charge in [0.15, 0.2) is 0 Å². The van der Waals surface area contributed by atoms with Crippen LogP contribution < -0.4 is 5.32 Å². The molecule has 1 N–H and O–H groups in total. The van der Waals surface area contributed by atoms with Gasteiger partial charge >= 0.3 is 0 Å². The lowest BCUT2D eigenvalue weighted by Crippen LogP contribution is -2.29. The fourth-order valence-corrected chi connectivity index (χ4v) is 3.19. The van der Waals surface area contributed by atoms with Crippen molar-refractivity contribution < 1.29 is 0 Å². The normalized spacial score (nSPS) is 19.7. The quantitative estimate of drug-likeness (QED) is 0.920. The van der Waals surface area contributed by atoms with Crippen LogP contribution in [0, 0.1) is 5.92 Å². The Bertz CT molecular complexity index is 562. The molecule has 100 valence electrons. The number of hydrogen-bond donors (Lipinski definition) is 1. The molecule has 2 aromatic rings. The Kier molecular flexibility index (Phi) is 4.00. The summed E-state index contributed by atoms with van der Waals surface area (Å²) in [6.07, 6.45) is 6.69. The molecule has 0 unspecified atom stereocenters. The Hall–Kier alpha value is -1.12. The monoisotopic (exact) mass is 274 g/mol. The number of halogens is 1. The molecule has 0 saturated carbocycles. The van der Waals surface area contributed by atoms with Gasteiger partial charge in [-0.25, -0.2) is 0 Å². The highest BCUT2D eigenvalue weighted by molar-refractivity contribution is 6.32. The van der Waals surface area contributed by atoms with Crippen LogP contribution in [-0.4, -0.2) is 18.1 Å². The Morgan fingerprint density at radius 2 is 2.21 bits per heavy atom. The molecule has 1 aliphatic heterocycles. The average molecular weight is 275 g/mol. The average Bonchev–Trinajstić information content (AvgIpc) is 2.47. The molecule has 2 heterocycles. The molecule has 0 spiro atoms. The third-order valence-electron chi connectivity index (χ3n) is 4.04. The summed E-state index contributed by atoms with van der Waals surface area (Å²) in [7, 11) is 0. The number of aryl methyl sites for hydroxylation is 1. The molecular formula is C16H19ClN2. The highest BCUT2D eigenvalue weighted by atomic mass is 35.5. The maximum atomic E-state index is 6.34. The summed E-state index contributed by atoms with van der Waals surface area (Å²) in [5.41, 5.74) is 2.31. The molecule has 0 bridgehead atoms. The molecule has 3 rings (SSSR count). The molecule has 1 fully saturated rings. The fourth-order valence-electron chi connectivity index (χ4n) is 2.95. The Balaban J connectivity index is 1.81. The van der Waals surface area contributed by atoms with Gasteiger partial charge in [-0.1, -0.05) is 29.8 Å². The second-order valence-electron chi connectivity index (χ2n) is 5.35. The van der Waals surface area contributed by atoms with Crippen LogP contribution in [0.25, 0.3) is 10.9 Å². The number of hydrogen-bond acceptors (Lipinski definition) is 2. The van der Waals surface area contributed by atoms with E-state index in [2.05, 4.69) is 28.5 Å². The summed E-state index contributed by atoms with van der Waals surface area (Å²) in [6, 6.07) is 8.27. The van der Waals surface area contributed by atoms with Crippen molar-refractivity contribution in [1.29, 1.82) is 0 Å². The summed E-state index contributed by atoms with van der Waals surface area (Å²) in [4.78, 5) is 4.39. The summed E-state index contributed by atoms with van der Waals surface area (Å²) in [5.74, 6) is 0.789. The van der Waals surface area contributed by atoms with Crippen LogP contribution in [0.3, 0.4) is 0 Å². The zero-order valence-electron chi connectivity index (χ0n) is 11.0. The maximum Gasteiger partial charge on any atom is 0.0705 e. The molecule has 2 nitrogen and oxygen atoms in total. The number of nitrogens with one attached hydrogen (secondary N) is 1. The lowest BCUT2D eigenvalue weighted by Gasteiger charge is -2.23. The minimum atomic E-state index is 0.789. The van der Waals surface area contributed by atoms with Crippen molar-refractivity contribution in [1.82, 2.24) is 10.3 Å². The van der Waals surface area contributed by atoms with E-state index in [1.807, 2.05) is 6.07 Å². The van der Waals surface area contributed by atoms with Crippen LogP contribution >= 0.6 is 11.6 Å². The molecule has 1 aromatic carbocycles. The highest BCUT2D eigenvalue weighted by Crippen LogP contribution is 2.27. The van der Waals surface area contributed by atoms with Crippen molar-refractivity contribution in [3.8, 4) is 0 Å². The van der Waals surface area contributed by atoms with E-state index in [0.29, 0.717) is 0 Å². The van der Waals surface area contributed by atoms with E-state index >= 15 is 0 Å². The van der Waals surface area contributed by atoms with Gasteiger partial charge in [-0.05, 0) is 56.3 Å². The van der Waals surface area contributed by atoms with E-state index in [9.17, 15) is 0 Å². The van der Waals surface area contributed by atoms with Crippen LogP contribution in [0.4, 0.5) is 0 Å². The molecule has 3 heteroatoms. The number of fused-ring (bicyclic) bond motifs is 1. The molecule has 1 aliphatic rings. The molecule has 19 heavy (non-hydrogen) atoms. The lowest BCUT2D eigenvalue weighted by molar-refractivity contribution is 0.358. The van der Waals surface area contributed by atoms with E-state index in [-0.39, 0.29) is 0 Å². The second-order valence-corrected chi connectivity index (χ2v) is 5.76. The van der Waals surface area contributed by atoms with E-state index in [4.69, 9.17) is 11.6 Å². The van der Waals surface area contributed by atoms with Crippen molar-refractivity contribution in [2.45, 2.75) is 25.7 Å². The number of nitrogens with zero attached hydrogens (tertiary/aromatic N) is 1. The van der Waals surface area contributed by atoms with E-state index in [1.165, 1.54) is 36.8 Å². The summed E-state index contributed by atoms with van der Waals surface area (Å²) >= 11 is 6.34. The molecular weight excluding hydrogens is 256 g/mol. The Morgan fingerprint density at radius 3 is 3.05 bits per heavy atom. The van der Waals surface area contributed by atoms with Crippen molar-refractivity contribution in [3.63, 3.8) is 0 Å². The van der Waals surface area contributed by atoms with Crippen LogP contribution in [0.2, 0.25) is 5.02 Å². The highest BCUT2D eigenvalue weighted by Gasteiger charge is 2.14. The molecule has 0 radical (unpaired) electrons. The van der Waals surface area contributed by atoms with Gasteiger partial charge in [0, 0.05) is 11.6 Å². The summed E-state index contributed by atoms with van der Waals surface area (Å²) < 4.78 is 0. The largest absolute Gasteiger partial charge is 0.316 e. The number of rotatable bonds is 3. The Morgan fingerprint density at radius 1 is 1.32 bits per heavy atom. The molecule has 1 aromatic heterocycles. The van der Waals surface area contributed by atoms with E-state index < -0.39 is 0 Å². The van der Waals surface area contributed by atoms with Gasteiger partial charge in [-0.3, -0.25) is 4.98 Å². The number of benzene rings is 1. The smallest absolute Gasteiger partial charge is 0.0705 e. The van der Waals surface area contributed by atoms with Gasteiger partial charge < -0.3 is 5.32 Å². The number of piperidine rings is 1. The lowest BCUT2D eigenvalue weighted by atomic mass is 9.92. The number of aromatic nitrogens is 1. The number of pyridine rings is 1. The van der Waals surface area contributed by atoms with Gasteiger partial charge in [0.2, 0.25) is 0 Å². The minimum Gasteiger partial charge on any atom is -0.316 e. The van der Waals surface area contributed by atoms with Crippen LogP contribution in [0.15, 0.2) is 30.5 Å². The molecule has 1 saturated heterocycles.